The zero-order chi connectivity index (χ0) is 18.2. The van der Waals surface area contributed by atoms with Gasteiger partial charge in [0.1, 0.15) is 5.76 Å². The van der Waals surface area contributed by atoms with Crippen LogP contribution in [0.3, 0.4) is 0 Å². The first-order valence-corrected chi connectivity index (χ1v) is 10.4. The number of carbonyl (C=O) groups excluding carboxylic acids is 1. The van der Waals surface area contributed by atoms with E-state index in [0.717, 1.165) is 18.6 Å². The molecule has 3 rings (SSSR count). The number of nitrogens with one attached hydrogen (secondary N) is 1. The molecule has 1 saturated heterocycles. The van der Waals surface area contributed by atoms with Gasteiger partial charge in [-0.05, 0) is 32.1 Å². The summed E-state index contributed by atoms with van der Waals surface area (Å²) in [5, 5.41) is 6.84. The van der Waals surface area contributed by atoms with E-state index < -0.39 is 10.0 Å². The largest absolute Gasteiger partial charge is 0.360 e. The first-order chi connectivity index (χ1) is 11.8. The van der Waals surface area contributed by atoms with Crippen molar-refractivity contribution in [1.29, 1.82) is 0 Å². The minimum Gasteiger partial charge on any atom is -0.360 e. The molecule has 2 aliphatic rings. The van der Waals surface area contributed by atoms with Crippen LogP contribution < -0.4 is 11.1 Å². The Labute approximate surface area is 148 Å². The van der Waals surface area contributed by atoms with Crippen molar-refractivity contribution >= 4 is 15.9 Å². The zero-order valence-electron chi connectivity index (χ0n) is 14.6. The molecule has 2 heterocycles. The summed E-state index contributed by atoms with van der Waals surface area (Å²) in [7, 11) is -3.35. The minimum absolute atomic E-state index is 0.00232. The predicted octanol–water partition coefficient (Wildman–Crippen LogP) is 0.669. The lowest BCUT2D eigenvalue weighted by Crippen LogP contribution is -2.55. The van der Waals surface area contributed by atoms with E-state index in [2.05, 4.69) is 10.5 Å². The molecule has 1 aromatic rings. The highest BCUT2D eigenvalue weighted by atomic mass is 32.2. The molecular weight excluding hydrogens is 344 g/mol. The molecule has 1 amide bonds. The maximum Gasteiger partial charge on any atom is 0.273 e. The lowest BCUT2D eigenvalue weighted by atomic mass is 9.91. The summed E-state index contributed by atoms with van der Waals surface area (Å²) in [5.41, 5.74) is 5.70. The van der Waals surface area contributed by atoms with E-state index in [0.29, 0.717) is 24.6 Å². The van der Waals surface area contributed by atoms with Crippen molar-refractivity contribution in [1.82, 2.24) is 14.8 Å². The van der Waals surface area contributed by atoms with Crippen LogP contribution in [0.25, 0.3) is 0 Å². The topological polar surface area (TPSA) is 119 Å². The third kappa shape index (κ3) is 4.04. The van der Waals surface area contributed by atoms with Crippen molar-refractivity contribution in [2.45, 2.75) is 51.1 Å². The van der Waals surface area contributed by atoms with Gasteiger partial charge in [-0.25, -0.2) is 8.42 Å². The summed E-state index contributed by atoms with van der Waals surface area (Å²) in [4.78, 5) is 12.4. The van der Waals surface area contributed by atoms with Gasteiger partial charge in [0.05, 0.1) is 5.75 Å². The molecule has 0 bridgehead atoms. The van der Waals surface area contributed by atoms with Crippen molar-refractivity contribution in [3.63, 3.8) is 0 Å². The second-order valence-corrected chi connectivity index (χ2v) is 9.25. The van der Waals surface area contributed by atoms with Gasteiger partial charge < -0.3 is 15.6 Å². The maximum absolute atomic E-state index is 12.4. The molecule has 1 aliphatic heterocycles. The smallest absolute Gasteiger partial charge is 0.273 e. The number of sulfonamides is 1. The van der Waals surface area contributed by atoms with E-state index >= 15 is 0 Å². The van der Waals surface area contributed by atoms with E-state index in [4.69, 9.17) is 10.3 Å². The molecule has 0 aromatic carbocycles. The molecule has 0 spiro atoms. The van der Waals surface area contributed by atoms with Gasteiger partial charge in [0.2, 0.25) is 10.0 Å². The average Bonchev–Trinajstić information content (AvgIpc) is 3.27. The van der Waals surface area contributed by atoms with Crippen molar-refractivity contribution in [3.05, 3.63) is 17.5 Å². The van der Waals surface area contributed by atoms with E-state index in [1.807, 2.05) is 13.8 Å². The van der Waals surface area contributed by atoms with Gasteiger partial charge in [-0.15, -0.1) is 0 Å². The Balaban J connectivity index is 1.62. The van der Waals surface area contributed by atoms with Crippen LogP contribution in [0.4, 0.5) is 0 Å². The Morgan fingerprint density at radius 1 is 1.44 bits per heavy atom. The summed E-state index contributed by atoms with van der Waals surface area (Å²) in [6.45, 7) is 4.29. The number of carbonyl (C=O) groups is 1. The highest BCUT2D eigenvalue weighted by molar-refractivity contribution is 7.89. The first-order valence-electron chi connectivity index (χ1n) is 8.79. The van der Waals surface area contributed by atoms with Crippen LogP contribution in [0.5, 0.6) is 0 Å². The van der Waals surface area contributed by atoms with Crippen molar-refractivity contribution in [3.8, 4) is 0 Å². The summed E-state index contributed by atoms with van der Waals surface area (Å²) >= 11 is 0. The molecule has 3 atom stereocenters. The van der Waals surface area contributed by atoms with Gasteiger partial charge in [-0.3, -0.25) is 4.79 Å². The number of piperidine rings is 1. The Morgan fingerprint density at radius 2 is 2.16 bits per heavy atom. The van der Waals surface area contributed by atoms with E-state index in [9.17, 15) is 13.2 Å². The molecule has 0 radical (unpaired) electrons. The average molecular weight is 370 g/mol. The lowest BCUT2D eigenvalue weighted by molar-refractivity contribution is 0.0871. The number of amides is 1. The number of hydrogen-bond donors (Lipinski definition) is 2. The van der Waals surface area contributed by atoms with Crippen LogP contribution in [-0.2, 0) is 10.0 Å². The highest BCUT2D eigenvalue weighted by Crippen LogP contribution is 2.40. The quantitative estimate of drug-likeness (QED) is 0.760. The summed E-state index contributed by atoms with van der Waals surface area (Å²) in [5.74, 6) is 0.864. The molecular formula is C16H26N4O4S. The highest BCUT2D eigenvalue weighted by Gasteiger charge is 2.38. The fourth-order valence-corrected chi connectivity index (χ4v) is 4.99. The van der Waals surface area contributed by atoms with Crippen LogP contribution in [-0.4, -0.2) is 54.7 Å². The summed E-state index contributed by atoms with van der Waals surface area (Å²) in [6, 6.07) is 1.42. The van der Waals surface area contributed by atoms with Gasteiger partial charge in [0.15, 0.2) is 5.69 Å². The van der Waals surface area contributed by atoms with Crippen molar-refractivity contribution < 1.29 is 17.7 Å². The Hall–Kier alpha value is -1.45. The summed E-state index contributed by atoms with van der Waals surface area (Å²) in [6.07, 6.45) is 2.73. The van der Waals surface area contributed by atoms with Crippen LogP contribution >= 0.6 is 0 Å². The third-order valence-corrected chi connectivity index (χ3v) is 7.01. The van der Waals surface area contributed by atoms with Gasteiger partial charge in [-0.2, -0.15) is 4.31 Å². The van der Waals surface area contributed by atoms with Gasteiger partial charge in [-0.1, -0.05) is 12.1 Å². The molecule has 1 aliphatic carbocycles. The molecule has 25 heavy (non-hydrogen) atoms. The standard InChI is InChI=1S/C16H26N4O4S/c1-10-9-20(25(22,23)6-5-17)11(2)7-13(10)18-16(21)14-8-15(24-19-14)12-3-4-12/h8,10-13H,3-7,9,17H2,1-2H3,(H,18,21)/t10-,11-,13+/m0/s1. The zero-order valence-corrected chi connectivity index (χ0v) is 15.5. The fourth-order valence-electron chi connectivity index (χ4n) is 3.36. The monoisotopic (exact) mass is 370 g/mol. The van der Waals surface area contributed by atoms with Gasteiger partial charge in [0, 0.05) is 37.2 Å². The van der Waals surface area contributed by atoms with E-state index in [-0.39, 0.29) is 36.2 Å². The number of hydrogen-bond acceptors (Lipinski definition) is 6. The second-order valence-electron chi connectivity index (χ2n) is 7.21. The first kappa shape index (κ1) is 18.3. The minimum atomic E-state index is -3.35. The van der Waals surface area contributed by atoms with E-state index in [1.54, 1.807) is 6.07 Å². The molecule has 1 aromatic heterocycles. The Kier molecular flexibility index (Phi) is 5.17. The molecule has 9 heteroatoms. The van der Waals surface area contributed by atoms with E-state index in [1.165, 1.54) is 4.31 Å². The number of rotatable bonds is 6. The molecule has 1 saturated carbocycles. The Bertz CT molecular complexity index is 728. The number of aromatic nitrogens is 1. The molecule has 2 fully saturated rings. The van der Waals surface area contributed by atoms with Crippen molar-refractivity contribution in [2.75, 3.05) is 18.8 Å². The van der Waals surface area contributed by atoms with Crippen molar-refractivity contribution in [2.24, 2.45) is 11.7 Å². The van der Waals surface area contributed by atoms with Crippen LogP contribution in [0.1, 0.15) is 55.3 Å². The lowest BCUT2D eigenvalue weighted by Gasteiger charge is -2.40. The predicted molar refractivity (Wildman–Crippen MR) is 92.5 cm³/mol. The summed E-state index contributed by atoms with van der Waals surface area (Å²) < 4.78 is 31.3. The van der Waals surface area contributed by atoms with Crippen LogP contribution in [0.2, 0.25) is 0 Å². The molecule has 140 valence electrons. The van der Waals surface area contributed by atoms with Crippen LogP contribution in [0, 0.1) is 5.92 Å². The number of nitrogens with zero attached hydrogens (tertiary/aromatic N) is 2. The molecule has 8 nitrogen and oxygen atoms in total. The normalized spacial score (nSPS) is 28.0. The molecule has 3 N–H and O–H groups in total. The maximum atomic E-state index is 12.4. The fraction of sp³-hybridized carbons (Fsp3) is 0.750. The Morgan fingerprint density at radius 3 is 2.80 bits per heavy atom. The SMILES string of the molecule is C[C@H]1CN(S(=O)(=O)CCN)[C@@H](C)C[C@H]1NC(=O)c1cc(C2CC2)on1. The van der Waals surface area contributed by atoms with Gasteiger partial charge in [0.25, 0.3) is 5.91 Å². The van der Waals surface area contributed by atoms with Crippen LogP contribution in [0.15, 0.2) is 10.6 Å². The second kappa shape index (κ2) is 7.05. The molecule has 0 unspecified atom stereocenters. The number of nitrogens with two attached hydrogens (primary N) is 1. The van der Waals surface area contributed by atoms with Gasteiger partial charge >= 0.3 is 0 Å². The third-order valence-electron chi connectivity index (χ3n) is 5.03.